The van der Waals surface area contributed by atoms with Crippen molar-refractivity contribution in [1.29, 1.82) is 0 Å². The summed E-state index contributed by atoms with van der Waals surface area (Å²) in [5.41, 5.74) is 1.48. The third-order valence-electron chi connectivity index (χ3n) is 5.18. The summed E-state index contributed by atoms with van der Waals surface area (Å²) in [6, 6.07) is 3.74. The van der Waals surface area contributed by atoms with Gasteiger partial charge in [-0.25, -0.2) is 9.59 Å². The summed E-state index contributed by atoms with van der Waals surface area (Å²) in [4.78, 5) is 25.1. The average molecular weight is 388 g/mol. The number of rotatable bonds is 5. The van der Waals surface area contributed by atoms with E-state index in [4.69, 9.17) is 9.47 Å². The van der Waals surface area contributed by atoms with E-state index in [2.05, 4.69) is 10.6 Å². The number of hydrogen-bond acceptors (Lipinski definition) is 5. The molecule has 152 valence electrons. The van der Waals surface area contributed by atoms with Crippen molar-refractivity contribution in [2.75, 3.05) is 6.61 Å². The zero-order valence-corrected chi connectivity index (χ0v) is 16.4. The predicted molar refractivity (Wildman–Crippen MR) is 104 cm³/mol. The van der Waals surface area contributed by atoms with E-state index in [-0.39, 0.29) is 17.9 Å². The lowest BCUT2D eigenvalue weighted by Gasteiger charge is -2.29. The predicted octanol–water partition coefficient (Wildman–Crippen LogP) is 3.68. The first-order valence-corrected chi connectivity index (χ1v) is 9.94. The lowest BCUT2D eigenvalue weighted by Crippen LogP contribution is -2.45. The normalized spacial score (nSPS) is 20.8. The van der Waals surface area contributed by atoms with Crippen LogP contribution >= 0.6 is 0 Å². The summed E-state index contributed by atoms with van der Waals surface area (Å²) in [7, 11) is 0. The van der Waals surface area contributed by atoms with Crippen LogP contribution in [0.1, 0.15) is 64.0 Å². The first-order valence-electron chi connectivity index (χ1n) is 9.94. The van der Waals surface area contributed by atoms with Gasteiger partial charge in [-0.2, -0.15) is 0 Å². The molecule has 3 N–H and O–H groups in total. The van der Waals surface area contributed by atoms with E-state index >= 15 is 0 Å². The average Bonchev–Trinajstić information content (AvgIpc) is 2.91. The molecule has 1 unspecified atom stereocenters. The van der Waals surface area contributed by atoms with Crippen LogP contribution < -0.4 is 15.4 Å². The van der Waals surface area contributed by atoms with E-state index in [0.717, 1.165) is 25.7 Å². The molecule has 28 heavy (non-hydrogen) atoms. The van der Waals surface area contributed by atoms with E-state index in [1.54, 1.807) is 19.1 Å². The van der Waals surface area contributed by atoms with E-state index in [9.17, 15) is 14.7 Å². The highest BCUT2D eigenvalue weighted by molar-refractivity contribution is 5.95. The monoisotopic (exact) mass is 388 g/mol. The second-order valence-corrected chi connectivity index (χ2v) is 7.25. The number of allylic oxidation sites excluding steroid dienone is 1. The van der Waals surface area contributed by atoms with Crippen LogP contribution in [0.4, 0.5) is 4.79 Å². The summed E-state index contributed by atoms with van der Waals surface area (Å²) in [5, 5.41) is 15.4. The number of hydrogen-bond donors (Lipinski definition) is 3. The second kappa shape index (κ2) is 8.99. The summed E-state index contributed by atoms with van der Waals surface area (Å²) < 4.78 is 11.2. The zero-order valence-electron chi connectivity index (χ0n) is 16.4. The van der Waals surface area contributed by atoms with Crippen LogP contribution in [0.15, 0.2) is 29.5 Å². The molecule has 1 aromatic rings. The Morgan fingerprint density at radius 3 is 2.61 bits per heavy atom. The fraction of sp³-hybridized carbons (Fsp3) is 0.524. The van der Waals surface area contributed by atoms with Crippen LogP contribution in [0.2, 0.25) is 0 Å². The first-order chi connectivity index (χ1) is 13.5. The number of urea groups is 1. The minimum Gasteiger partial charge on any atom is -0.504 e. The summed E-state index contributed by atoms with van der Waals surface area (Å²) >= 11 is 0. The zero-order chi connectivity index (χ0) is 20.1. The molecule has 7 heteroatoms. The number of nitrogens with one attached hydrogen (secondary N) is 2. The molecule has 1 aliphatic carbocycles. The molecule has 1 aromatic carbocycles. The van der Waals surface area contributed by atoms with Gasteiger partial charge in [-0.1, -0.05) is 18.9 Å². The number of phenolic OH excluding ortho intramolecular Hbond substituents is 1. The molecule has 1 heterocycles. The maximum atomic E-state index is 13.0. The molecular weight excluding hydrogens is 360 g/mol. The van der Waals surface area contributed by atoms with Crippen LogP contribution in [0.5, 0.6) is 11.5 Å². The van der Waals surface area contributed by atoms with Crippen LogP contribution in [0.3, 0.4) is 0 Å². The molecule has 0 aromatic heterocycles. The number of amides is 2. The van der Waals surface area contributed by atoms with Crippen LogP contribution in [0.25, 0.3) is 0 Å². The van der Waals surface area contributed by atoms with Gasteiger partial charge in [-0.3, -0.25) is 0 Å². The molecule has 2 amide bonds. The van der Waals surface area contributed by atoms with Crippen molar-refractivity contribution in [2.24, 2.45) is 0 Å². The van der Waals surface area contributed by atoms with Gasteiger partial charge in [-0.05, 0) is 57.2 Å². The minimum atomic E-state index is -0.674. The van der Waals surface area contributed by atoms with Crippen molar-refractivity contribution in [3.05, 3.63) is 35.0 Å². The molecule has 1 saturated carbocycles. The van der Waals surface area contributed by atoms with Crippen LogP contribution in [0, 0.1) is 0 Å². The van der Waals surface area contributed by atoms with E-state index in [0.29, 0.717) is 29.2 Å². The Morgan fingerprint density at radius 2 is 1.93 bits per heavy atom. The molecule has 1 atom stereocenters. The fourth-order valence-corrected chi connectivity index (χ4v) is 3.77. The third kappa shape index (κ3) is 4.58. The Labute approximate surface area is 165 Å². The number of phenols is 1. The summed E-state index contributed by atoms with van der Waals surface area (Å²) in [6.45, 7) is 3.90. The Kier molecular flexibility index (Phi) is 6.44. The van der Waals surface area contributed by atoms with Gasteiger partial charge < -0.3 is 25.2 Å². The molecular formula is C21H28N2O5. The smallest absolute Gasteiger partial charge is 0.338 e. The fourth-order valence-electron chi connectivity index (χ4n) is 3.77. The van der Waals surface area contributed by atoms with E-state index in [1.807, 2.05) is 6.92 Å². The summed E-state index contributed by atoms with van der Waals surface area (Å²) in [5.74, 6) is -0.107. The number of benzene rings is 1. The molecule has 0 saturated heterocycles. The van der Waals surface area contributed by atoms with Crippen LogP contribution in [-0.2, 0) is 9.53 Å². The highest BCUT2D eigenvalue weighted by Gasteiger charge is 2.34. The number of carbonyl (C=O) groups is 2. The van der Waals surface area contributed by atoms with Crippen LogP contribution in [-0.4, -0.2) is 29.8 Å². The van der Waals surface area contributed by atoms with E-state index in [1.165, 1.54) is 18.9 Å². The maximum Gasteiger partial charge on any atom is 0.338 e. The minimum absolute atomic E-state index is 0.00847. The molecule has 7 nitrogen and oxygen atoms in total. The second-order valence-electron chi connectivity index (χ2n) is 7.25. The van der Waals surface area contributed by atoms with Gasteiger partial charge in [0.2, 0.25) is 0 Å². The van der Waals surface area contributed by atoms with E-state index < -0.39 is 12.0 Å². The molecule has 1 fully saturated rings. The van der Waals surface area contributed by atoms with Gasteiger partial charge >= 0.3 is 12.0 Å². The van der Waals surface area contributed by atoms with Crippen molar-refractivity contribution in [3.63, 3.8) is 0 Å². The Hall–Kier alpha value is -2.70. The van der Waals surface area contributed by atoms with Crippen molar-refractivity contribution in [3.8, 4) is 11.5 Å². The van der Waals surface area contributed by atoms with Gasteiger partial charge in [0.05, 0.1) is 18.2 Å². The quantitative estimate of drug-likeness (QED) is 0.528. The molecule has 0 spiro atoms. The largest absolute Gasteiger partial charge is 0.504 e. The first kappa shape index (κ1) is 20.0. The molecule has 2 aliphatic rings. The molecule has 0 radical (unpaired) electrons. The number of carbonyl (C=O) groups excluding carboxylic acids is 2. The lowest BCUT2D eigenvalue weighted by atomic mass is 9.95. The van der Waals surface area contributed by atoms with Gasteiger partial charge in [0.25, 0.3) is 0 Å². The van der Waals surface area contributed by atoms with Gasteiger partial charge in [0.15, 0.2) is 11.5 Å². The highest BCUT2D eigenvalue weighted by atomic mass is 16.5. The van der Waals surface area contributed by atoms with Crippen molar-refractivity contribution in [1.82, 2.24) is 10.6 Å². The van der Waals surface area contributed by atoms with Crippen molar-refractivity contribution in [2.45, 2.75) is 64.5 Å². The number of esters is 1. The third-order valence-corrected chi connectivity index (χ3v) is 5.18. The highest BCUT2D eigenvalue weighted by Crippen LogP contribution is 2.34. The number of aromatic hydroxyl groups is 1. The molecule has 0 bridgehead atoms. The summed E-state index contributed by atoms with van der Waals surface area (Å²) in [6.07, 6.45) is 6.11. The maximum absolute atomic E-state index is 13.0. The van der Waals surface area contributed by atoms with Gasteiger partial charge in [0.1, 0.15) is 6.10 Å². The van der Waals surface area contributed by atoms with Gasteiger partial charge in [0, 0.05) is 5.70 Å². The topological polar surface area (TPSA) is 96.9 Å². The Bertz CT molecular complexity index is 766. The molecule has 3 rings (SSSR count). The lowest BCUT2D eigenvalue weighted by molar-refractivity contribution is -0.145. The molecule has 1 aliphatic heterocycles. The Balaban J connectivity index is 1.88. The van der Waals surface area contributed by atoms with Crippen molar-refractivity contribution < 1.29 is 24.2 Å². The number of ether oxygens (including phenoxy) is 2. The SMILES string of the molecule is CCOc1cc(C2NC(=O)NC(C)=C2C(=O)OC2CCCCCC2)ccc1O. The van der Waals surface area contributed by atoms with Crippen molar-refractivity contribution >= 4 is 12.0 Å². The Morgan fingerprint density at radius 1 is 1.21 bits per heavy atom. The standard InChI is InChI=1S/C21H28N2O5/c1-3-27-17-12-14(10-11-16(17)24)19-18(13(2)22-21(26)23-19)20(25)28-15-8-6-4-5-7-9-15/h10-12,15,19,24H,3-9H2,1-2H3,(H2,22,23,26). The van der Waals surface area contributed by atoms with Gasteiger partial charge in [-0.15, -0.1) is 0 Å².